The third-order valence-electron chi connectivity index (χ3n) is 4.77. The van der Waals surface area contributed by atoms with Gasteiger partial charge in [0, 0.05) is 35.2 Å². The smallest absolute Gasteiger partial charge is 0.344 e. The summed E-state index contributed by atoms with van der Waals surface area (Å²) in [6.07, 6.45) is 0.756. The van der Waals surface area contributed by atoms with Crippen LogP contribution in [0.2, 0.25) is 0 Å². The number of para-hydroxylation sites is 1. The highest BCUT2D eigenvalue weighted by molar-refractivity contribution is 5.71. The minimum absolute atomic E-state index is 0.0321. The Morgan fingerprint density at radius 2 is 2.07 bits per heavy atom. The van der Waals surface area contributed by atoms with Crippen molar-refractivity contribution in [2.45, 2.75) is 39.1 Å². The van der Waals surface area contributed by atoms with Gasteiger partial charge in [0.1, 0.15) is 18.0 Å². The second kappa shape index (κ2) is 7.83. The summed E-state index contributed by atoms with van der Waals surface area (Å²) >= 11 is 0. The van der Waals surface area contributed by atoms with E-state index in [2.05, 4.69) is 0 Å². The van der Waals surface area contributed by atoms with Crippen molar-refractivity contribution in [3.05, 3.63) is 57.1 Å². The quantitative estimate of drug-likeness (QED) is 0.402. The lowest BCUT2D eigenvalue weighted by Gasteiger charge is -2.20. The number of fused-ring (bicyclic) bond motifs is 2. The molecule has 9 nitrogen and oxygen atoms in total. The summed E-state index contributed by atoms with van der Waals surface area (Å²) in [5, 5.41) is 11.2. The first-order valence-electron chi connectivity index (χ1n) is 9.42. The molecule has 0 spiro atoms. The molecule has 2 aliphatic heterocycles. The van der Waals surface area contributed by atoms with Gasteiger partial charge in [0.2, 0.25) is 0 Å². The van der Waals surface area contributed by atoms with E-state index in [9.17, 15) is 14.9 Å². The highest BCUT2D eigenvalue weighted by atomic mass is 16.7. The molecule has 158 valence electrons. The van der Waals surface area contributed by atoms with Crippen LogP contribution in [-0.4, -0.2) is 29.9 Å². The largest absolute Gasteiger partial charge is 0.483 e. The molecule has 0 aromatic heterocycles. The Kier molecular flexibility index (Phi) is 5.21. The molecule has 2 aromatic rings. The van der Waals surface area contributed by atoms with Crippen LogP contribution in [0.1, 0.15) is 30.5 Å². The molecule has 9 heteroatoms. The second-order valence-corrected chi connectivity index (χ2v) is 7.69. The molecule has 0 saturated heterocycles. The van der Waals surface area contributed by atoms with Crippen molar-refractivity contribution >= 4 is 11.7 Å². The van der Waals surface area contributed by atoms with E-state index >= 15 is 0 Å². The molecule has 0 bridgehead atoms. The number of rotatable bonds is 6. The van der Waals surface area contributed by atoms with Crippen molar-refractivity contribution in [2.24, 2.45) is 0 Å². The summed E-state index contributed by atoms with van der Waals surface area (Å²) in [7, 11) is 0. The summed E-state index contributed by atoms with van der Waals surface area (Å²) in [4.78, 5) is 22.9. The Morgan fingerprint density at radius 3 is 2.87 bits per heavy atom. The average Bonchev–Trinajstić information content (AvgIpc) is 3.04. The summed E-state index contributed by atoms with van der Waals surface area (Å²) in [5.74, 6) is 0.939. The zero-order chi connectivity index (χ0) is 21.3. The fraction of sp³-hybridized carbons (Fsp3) is 0.381. The molecule has 0 atom stereocenters. The fourth-order valence-corrected chi connectivity index (χ4v) is 3.53. The monoisotopic (exact) mass is 415 g/mol. The molecular weight excluding hydrogens is 394 g/mol. The number of non-ortho nitro benzene ring substituents is 1. The Labute approximate surface area is 172 Å². The minimum atomic E-state index is -0.614. The topological polar surface area (TPSA) is 106 Å². The number of carbonyl (C=O) groups is 1. The molecule has 0 aliphatic carbocycles. The van der Waals surface area contributed by atoms with E-state index < -0.39 is 10.9 Å². The predicted octanol–water partition coefficient (Wildman–Crippen LogP) is 3.30. The van der Waals surface area contributed by atoms with Crippen molar-refractivity contribution in [3.63, 3.8) is 0 Å². The maximum atomic E-state index is 12.2. The second-order valence-electron chi connectivity index (χ2n) is 7.69. The number of nitro benzene ring substituents is 1. The fourth-order valence-electron chi connectivity index (χ4n) is 3.53. The highest BCUT2D eigenvalue weighted by Gasteiger charge is 2.32. The van der Waals surface area contributed by atoms with E-state index in [0.29, 0.717) is 28.4 Å². The maximum absolute atomic E-state index is 12.2. The van der Waals surface area contributed by atoms with E-state index in [0.717, 1.165) is 12.0 Å². The van der Waals surface area contributed by atoms with Crippen molar-refractivity contribution < 1.29 is 33.4 Å². The Balaban J connectivity index is 1.40. The first-order valence-corrected chi connectivity index (χ1v) is 9.42. The average molecular weight is 415 g/mol. The number of hydrogen-bond acceptors (Lipinski definition) is 8. The van der Waals surface area contributed by atoms with Crippen LogP contribution in [0.4, 0.5) is 5.69 Å². The molecule has 0 amide bonds. The summed E-state index contributed by atoms with van der Waals surface area (Å²) in [6, 6.07) is 8.26. The summed E-state index contributed by atoms with van der Waals surface area (Å²) in [5.41, 5.74) is 1.52. The van der Waals surface area contributed by atoms with Gasteiger partial charge in [-0.2, -0.15) is 0 Å². The predicted molar refractivity (Wildman–Crippen MR) is 104 cm³/mol. The van der Waals surface area contributed by atoms with Crippen LogP contribution in [0.25, 0.3) is 0 Å². The molecule has 2 aromatic carbocycles. The SMILES string of the molecule is CC1(C)Cc2cccc(OCC(=O)OCc3cc([N+](=O)[O-])cc4c3OCOC4)c2O1. The standard InChI is InChI=1S/C21H21NO8/c1-21(2)8-13-4-3-5-17(20(13)30-21)27-11-18(23)28-10-15-7-16(22(24)25)6-14-9-26-12-29-19(14)15/h3-7H,8-12H2,1-2H3. The van der Waals surface area contributed by atoms with Crippen LogP contribution in [0.3, 0.4) is 0 Å². The van der Waals surface area contributed by atoms with Crippen molar-refractivity contribution in [2.75, 3.05) is 13.4 Å². The van der Waals surface area contributed by atoms with Gasteiger partial charge in [-0.25, -0.2) is 4.79 Å². The van der Waals surface area contributed by atoms with Gasteiger partial charge in [-0.1, -0.05) is 12.1 Å². The zero-order valence-electron chi connectivity index (χ0n) is 16.6. The van der Waals surface area contributed by atoms with Gasteiger partial charge < -0.3 is 23.7 Å². The van der Waals surface area contributed by atoms with Gasteiger partial charge in [0.25, 0.3) is 5.69 Å². The number of nitrogens with zero attached hydrogens (tertiary/aromatic N) is 1. The van der Waals surface area contributed by atoms with Crippen LogP contribution in [0.5, 0.6) is 17.2 Å². The normalized spacial score (nSPS) is 15.9. The van der Waals surface area contributed by atoms with Gasteiger partial charge in [0.05, 0.1) is 11.5 Å². The minimum Gasteiger partial charge on any atom is -0.483 e. The molecule has 30 heavy (non-hydrogen) atoms. The van der Waals surface area contributed by atoms with Crippen LogP contribution < -0.4 is 14.2 Å². The lowest BCUT2D eigenvalue weighted by Crippen LogP contribution is -2.24. The molecule has 0 N–H and O–H groups in total. The first kappa shape index (κ1) is 20.0. The van der Waals surface area contributed by atoms with Crippen molar-refractivity contribution in [1.29, 1.82) is 0 Å². The van der Waals surface area contributed by atoms with Crippen LogP contribution in [0, 0.1) is 10.1 Å². The molecule has 0 radical (unpaired) electrons. The molecule has 0 saturated carbocycles. The number of benzene rings is 2. The van der Waals surface area contributed by atoms with E-state index in [1.807, 2.05) is 26.0 Å². The summed E-state index contributed by atoms with van der Waals surface area (Å²) < 4.78 is 27.4. The number of ether oxygens (including phenoxy) is 5. The Hall–Kier alpha value is -3.33. The third-order valence-corrected chi connectivity index (χ3v) is 4.77. The van der Waals surface area contributed by atoms with Gasteiger partial charge in [-0.05, 0) is 19.9 Å². The van der Waals surface area contributed by atoms with E-state index in [4.69, 9.17) is 23.7 Å². The zero-order valence-corrected chi connectivity index (χ0v) is 16.6. The lowest BCUT2D eigenvalue weighted by molar-refractivity contribution is -0.385. The van der Waals surface area contributed by atoms with E-state index in [-0.39, 0.29) is 37.9 Å². The summed E-state index contributed by atoms with van der Waals surface area (Å²) in [6.45, 7) is 3.70. The number of carbonyl (C=O) groups excluding carboxylic acids is 1. The van der Waals surface area contributed by atoms with E-state index in [1.54, 1.807) is 6.07 Å². The van der Waals surface area contributed by atoms with Gasteiger partial charge in [0.15, 0.2) is 24.9 Å². The first-order chi connectivity index (χ1) is 14.3. The molecule has 0 unspecified atom stereocenters. The van der Waals surface area contributed by atoms with Crippen LogP contribution in [0.15, 0.2) is 30.3 Å². The number of esters is 1. The molecule has 2 heterocycles. The molecule has 0 fully saturated rings. The van der Waals surface area contributed by atoms with Crippen LogP contribution >= 0.6 is 0 Å². The Morgan fingerprint density at radius 1 is 1.23 bits per heavy atom. The molecule has 2 aliphatic rings. The highest BCUT2D eigenvalue weighted by Crippen LogP contribution is 2.41. The van der Waals surface area contributed by atoms with Crippen molar-refractivity contribution in [3.8, 4) is 17.2 Å². The van der Waals surface area contributed by atoms with Crippen LogP contribution in [-0.2, 0) is 33.9 Å². The lowest BCUT2D eigenvalue weighted by atomic mass is 10.0. The third kappa shape index (κ3) is 4.16. The van der Waals surface area contributed by atoms with E-state index in [1.165, 1.54) is 12.1 Å². The van der Waals surface area contributed by atoms with Gasteiger partial charge in [-0.15, -0.1) is 0 Å². The maximum Gasteiger partial charge on any atom is 0.344 e. The number of nitro groups is 1. The molecular formula is C21H21NO8. The molecule has 4 rings (SSSR count). The van der Waals surface area contributed by atoms with Gasteiger partial charge >= 0.3 is 5.97 Å². The number of hydrogen-bond donors (Lipinski definition) is 0. The van der Waals surface area contributed by atoms with Crippen molar-refractivity contribution in [1.82, 2.24) is 0 Å². The Bertz CT molecular complexity index is 1000. The van der Waals surface area contributed by atoms with Gasteiger partial charge in [-0.3, -0.25) is 10.1 Å².